The van der Waals surface area contributed by atoms with Gasteiger partial charge >= 0.3 is 5.56 Å². The zero-order valence-electron chi connectivity index (χ0n) is 12.8. The average Bonchev–Trinajstić information content (AvgIpc) is 2.54. The molecule has 0 saturated heterocycles. The molecule has 1 atom stereocenters. The van der Waals surface area contributed by atoms with Gasteiger partial charge < -0.3 is 15.1 Å². The van der Waals surface area contributed by atoms with Crippen molar-refractivity contribution < 1.29 is 10.4 Å². The van der Waals surface area contributed by atoms with Gasteiger partial charge in [0.2, 0.25) is 0 Å². The predicted octanol–water partition coefficient (Wildman–Crippen LogP) is 1.99. The third-order valence-corrected chi connectivity index (χ3v) is 3.84. The molecule has 0 aliphatic heterocycles. The first-order valence-electron chi connectivity index (χ1n) is 7.17. The van der Waals surface area contributed by atoms with Crippen LogP contribution in [0, 0.1) is 12.1 Å². The van der Waals surface area contributed by atoms with E-state index in [0.717, 1.165) is 11.3 Å². The molecule has 0 aliphatic rings. The van der Waals surface area contributed by atoms with Gasteiger partial charge in [0.1, 0.15) is 5.69 Å². The van der Waals surface area contributed by atoms with Crippen molar-refractivity contribution in [2.24, 2.45) is 7.05 Å². The molecule has 0 aliphatic carbocycles. The van der Waals surface area contributed by atoms with Crippen molar-refractivity contribution in [3.63, 3.8) is 0 Å². The van der Waals surface area contributed by atoms with Crippen molar-refractivity contribution in [1.82, 2.24) is 4.57 Å². The molecule has 23 heavy (non-hydrogen) atoms. The Hall–Kier alpha value is -2.67. The summed E-state index contributed by atoms with van der Waals surface area (Å²) in [6.07, 6.45) is 0. The summed E-state index contributed by atoms with van der Waals surface area (Å²) in [6, 6.07) is 14.8. The largest absolute Gasteiger partial charge is 0.595 e. The summed E-state index contributed by atoms with van der Waals surface area (Å²) in [6.45, 7) is 1.97. The number of anilines is 2. The molecule has 0 radical (unpaired) electrons. The number of rotatable bonds is 3. The van der Waals surface area contributed by atoms with Crippen LogP contribution in [0.5, 0.6) is 0 Å². The number of nitrogens with one attached hydrogen (secondary N) is 2. The highest BCUT2D eigenvalue weighted by molar-refractivity contribution is 5.97. The minimum atomic E-state index is -1.24. The Balaban J connectivity index is 2.28. The minimum absolute atomic E-state index is 0.258. The van der Waals surface area contributed by atoms with E-state index in [1.165, 1.54) is 4.57 Å². The minimum Gasteiger partial charge on any atom is -0.595 e. The Morgan fingerprint density at radius 3 is 2.43 bits per heavy atom. The zero-order chi connectivity index (χ0) is 16.6. The summed E-state index contributed by atoms with van der Waals surface area (Å²) in [7, 11) is 1.58. The van der Waals surface area contributed by atoms with Gasteiger partial charge in [-0.2, -0.15) is 5.23 Å². The van der Waals surface area contributed by atoms with Gasteiger partial charge in [0, 0.05) is 18.1 Å². The number of nitrogens with zero attached hydrogens (tertiary/aromatic N) is 1. The molecule has 1 aromatic heterocycles. The maximum atomic E-state index is 12.4. The number of benzene rings is 2. The van der Waals surface area contributed by atoms with Crippen LogP contribution in [-0.4, -0.2) is 9.77 Å². The second-order valence-electron chi connectivity index (χ2n) is 5.43. The molecule has 6 heteroatoms. The first kappa shape index (κ1) is 15.2. The van der Waals surface area contributed by atoms with Crippen LogP contribution < -0.4 is 16.1 Å². The first-order chi connectivity index (χ1) is 11.0. The van der Waals surface area contributed by atoms with E-state index < -0.39 is 10.8 Å². The third kappa shape index (κ3) is 2.70. The van der Waals surface area contributed by atoms with Gasteiger partial charge in [0.15, 0.2) is 0 Å². The van der Waals surface area contributed by atoms with E-state index in [1.54, 1.807) is 19.2 Å². The van der Waals surface area contributed by atoms with Crippen molar-refractivity contribution >= 4 is 28.0 Å². The molecule has 0 amide bonds. The van der Waals surface area contributed by atoms with E-state index in [2.05, 4.69) is 5.32 Å². The normalized spacial score (nSPS) is 12.3. The molecular formula is C17H17N3O3. The number of aryl methyl sites for hydroxylation is 2. The Morgan fingerprint density at radius 2 is 1.78 bits per heavy atom. The predicted molar refractivity (Wildman–Crippen MR) is 89.4 cm³/mol. The lowest BCUT2D eigenvalue weighted by Crippen LogP contribution is -3.00. The van der Waals surface area contributed by atoms with E-state index in [1.807, 2.05) is 43.3 Å². The summed E-state index contributed by atoms with van der Waals surface area (Å²) >= 11 is 0. The van der Waals surface area contributed by atoms with Crippen molar-refractivity contribution in [2.75, 3.05) is 5.32 Å². The van der Waals surface area contributed by atoms with Gasteiger partial charge in [-0.3, -0.25) is 4.79 Å². The number of fused-ring (bicyclic) bond motifs is 1. The standard InChI is InChI=1S/C17H17N3O3/c1-11-7-9-12(10-8-11)18-15-13-5-3-4-6-14(13)19(2)17(21)16(15)20(22)23/h3-10,18,20,22H,1-2H3. The highest BCUT2D eigenvalue weighted by Gasteiger charge is 2.20. The smallest absolute Gasteiger partial charge is 0.317 e. The van der Waals surface area contributed by atoms with Crippen LogP contribution in [0.2, 0.25) is 0 Å². The van der Waals surface area contributed by atoms with E-state index in [9.17, 15) is 15.2 Å². The van der Waals surface area contributed by atoms with Crippen molar-refractivity contribution in [1.29, 1.82) is 0 Å². The van der Waals surface area contributed by atoms with Crippen LogP contribution in [0.25, 0.3) is 10.9 Å². The van der Waals surface area contributed by atoms with Gasteiger partial charge in [-0.05, 0) is 25.1 Å². The molecule has 3 rings (SSSR count). The summed E-state index contributed by atoms with van der Waals surface area (Å²) in [5.41, 5.74) is 2.04. The van der Waals surface area contributed by atoms with Gasteiger partial charge in [-0.25, -0.2) is 5.21 Å². The average molecular weight is 311 g/mol. The van der Waals surface area contributed by atoms with Crippen molar-refractivity contribution in [3.8, 4) is 0 Å². The molecule has 2 aromatic carbocycles. The number of para-hydroxylation sites is 1. The summed E-state index contributed by atoms with van der Waals surface area (Å²) < 4.78 is 1.36. The fourth-order valence-electron chi connectivity index (χ4n) is 2.61. The monoisotopic (exact) mass is 311 g/mol. The molecule has 3 aromatic rings. The van der Waals surface area contributed by atoms with E-state index in [4.69, 9.17) is 0 Å². The van der Waals surface area contributed by atoms with E-state index in [-0.39, 0.29) is 5.69 Å². The van der Waals surface area contributed by atoms with E-state index >= 15 is 0 Å². The number of pyridine rings is 1. The van der Waals surface area contributed by atoms with Crippen LogP contribution in [0.1, 0.15) is 5.56 Å². The molecule has 6 nitrogen and oxygen atoms in total. The number of aromatic nitrogens is 1. The second kappa shape index (κ2) is 5.85. The second-order valence-corrected chi connectivity index (χ2v) is 5.43. The molecule has 118 valence electrons. The number of hydrogen-bond acceptors (Lipinski definition) is 4. The topological polar surface area (TPSA) is 81.8 Å². The summed E-state index contributed by atoms with van der Waals surface area (Å²) in [4.78, 5) is 12.4. The fourth-order valence-corrected chi connectivity index (χ4v) is 2.61. The number of quaternary nitrogens is 1. The van der Waals surface area contributed by atoms with Gasteiger partial charge in [-0.15, -0.1) is 0 Å². The maximum Gasteiger partial charge on any atom is 0.317 e. The first-order valence-corrected chi connectivity index (χ1v) is 7.17. The molecule has 1 heterocycles. The SMILES string of the molecule is Cc1ccc(Nc2c([NH+]([O-])O)c(=O)n(C)c3ccccc23)cc1. The lowest BCUT2D eigenvalue weighted by Gasteiger charge is -2.19. The Labute approximate surface area is 132 Å². The molecule has 0 spiro atoms. The van der Waals surface area contributed by atoms with Crippen molar-refractivity contribution in [2.45, 2.75) is 6.92 Å². The maximum absolute atomic E-state index is 12.4. The van der Waals surface area contributed by atoms with Crippen LogP contribution in [0.3, 0.4) is 0 Å². The van der Waals surface area contributed by atoms with Crippen molar-refractivity contribution in [3.05, 3.63) is 69.7 Å². The third-order valence-electron chi connectivity index (χ3n) is 3.84. The molecule has 3 N–H and O–H groups in total. The molecule has 0 fully saturated rings. The number of hydrogen-bond donors (Lipinski definition) is 3. The summed E-state index contributed by atoms with van der Waals surface area (Å²) in [5.74, 6) is 0. The van der Waals surface area contributed by atoms with Gasteiger partial charge in [0.05, 0.1) is 5.52 Å². The Kier molecular flexibility index (Phi) is 3.87. The van der Waals surface area contributed by atoms with Gasteiger partial charge in [-0.1, -0.05) is 35.9 Å². The van der Waals surface area contributed by atoms with Crippen LogP contribution in [0.15, 0.2) is 53.3 Å². The highest BCUT2D eigenvalue weighted by Crippen LogP contribution is 2.29. The quantitative estimate of drug-likeness (QED) is 0.646. The highest BCUT2D eigenvalue weighted by atomic mass is 16.8. The lowest BCUT2D eigenvalue weighted by molar-refractivity contribution is -0.991. The van der Waals surface area contributed by atoms with E-state index in [0.29, 0.717) is 16.6 Å². The molecule has 1 unspecified atom stereocenters. The van der Waals surface area contributed by atoms with Crippen LogP contribution in [0.4, 0.5) is 17.1 Å². The summed E-state index contributed by atoms with van der Waals surface area (Å²) in [5, 5.41) is 23.7. The Bertz CT molecular complexity index is 915. The fraction of sp³-hybridized carbons (Fsp3) is 0.118. The molecule has 0 saturated carbocycles. The molecule has 0 bridgehead atoms. The van der Waals surface area contributed by atoms with Crippen LogP contribution in [-0.2, 0) is 7.05 Å². The Morgan fingerprint density at radius 1 is 1.13 bits per heavy atom. The molecular weight excluding hydrogens is 294 g/mol. The van der Waals surface area contributed by atoms with Gasteiger partial charge in [0.25, 0.3) is 5.69 Å². The van der Waals surface area contributed by atoms with Crippen LogP contribution >= 0.6 is 0 Å². The lowest BCUT2D eigenvalue weighted by atomic mass is 10.1. The zero-order valence-corrected chi connectivity index (χ0v) is 12.8.